The molecule has 0 aromatic rings. The molecule has 1 rings (SSSR count). The van der Waals surface area contributed by atoms with Crippen molar-refractivity contribution in [3.05, 3.63) is 11.6 Å². The van der Waals surface area contributed by atoms with Crippen LogP contribution in [0.5, 0.6) is 0 Å². The molecule has 4 heteroatoms. The number of esters is 1. The highest BCUT2D eigenvalue weighted by Gasteiger charge is 2.61. The van der Waals surface area contributed by atoms with E-state index in [1.165, 1.54) is 11.8 Å². The van der Waals surface area contributed by atoms with Gasteiger partial charge in [-0.2, -0.15) is 0 Å². The van der Waals surface area contributed by atoms with Gasteiger partial charge in [-0.05, 0) is 39.0 Å². The first-order valence-corrected chi connectivity index (χ1v) is 6.65. The van der Waals surface area contributed by atoms with E-state index in [2.05, 4.69) is 10.8 Å². The van der Waals surface area contributed by atoms with Crippen LogP contribution in [0.25, 0.3) is 0 Å². The van der Waals surface area contributed by atoms with Crippen LogP contribution in [0.4, 0.5) is 0 Å². The molecule has 0 radical (unpaired) electrons. The zero-order valence-corrected chi connectivity index (χ0v) is 12.8. The van der Waals surface area contributed by atoms with E-state index in [1.807, 2.05) is 41.5 Å². The molecule has 2 unspecified atom stereocenters. The summed E-state index contributed by atoms with van der Waals surface area (Å²) in [6, 6.07) is 0. The summed E-state index contributed by atoms with van der Waals surface area (Å²) in [6.07, 6.45) is 3.50. The molecular formula is C15H25NO3. The minimum absolute atomic E-state index is 0.0643. The van der Waals surface area contributed by atoms with Crippen LogP contribution < -0.4 is 0 Å². The lowest BCUT2D eigenvalue weighted by molar-refractivity contribution is -0.139. The number of allylic oxidation sites excluding steroid dienone is 2. The Hall–Kier alpha value is -1.34. The number of carbonyl (C=O) groups is 1. The quantitative estimate of drug-likeness (QED) is 0.445. The smallest absolute Gasteiger partial charge is 0.325 e. The Kier molecular flexibility index (Phi) is 7.40. The number of carbonyl (C=O) groups excluding carboxylic acids is 1. The molecule has 4 nitrogen and oxygen atoms in total. The summed E-state index contributed by atoms with van der Waals surface area (Å²) < 4.78 is 9.18. The van der Waals surface area contributed by atoms with Gasteiger partial charge in [0.05, 0.1) is 5.92 Å². The Labute approximate surface area is 116 Å². The number of nitrogens with zero attached hydrogens (tertiary/aromatic N) is 1. The lowest BCUT2D eigenvalue weighted by atomic mass is 10.1. The molecule has 0 N–H and O–H groups in total. The van der Waals surface area contributed by atoms with Crippen LogP contribution in [0, 0.1) is 28.8 Å². The van der Waals surface area contributed by atoms with Crippen LogP contribution in [-0.2, 0) is 14.3 Å². The second-order valence-corrected chi connectivity index (χ2v) is 5.36. The molecule has 108 valence electrons. The predicted molar refractivity (Wildman–Crippen MR) is 74.1 cm³/mol. The van der Waals surface area contributed by atoms with Crippen molar-refractivity contribution >= 4 is 5.97 Å². The van der Waals surface area contributed by atoms with Gasteiger partial charge in [0.2, 0.25) is 0 Å². The lowest BCUT2D eigenvalue weighted by Gasteiger charge is -1.97. The highest BCUT2D eigenvalue weighted by molar-refractivity contribution is 5.79. The number of hydrogen-bond donors (Lipinski definition) is 0. The van der Waals surface area contributed by atoms with E-state index < -0.39 is 5.97 Å². The molecular weight excluding hydrogens is 242 g/mol. The van der Waals surface area contributed by atoms with Crippen LogP contribution in [0.15, 0.2) is 11.6 Å². The first-order valence-electron chi connectivity index (χ1n) is 6.65. The minimum atomic E-state index is -0.403. The molecule has 1 aliphatic rings. The summed E-state index contributed by atoms with van der Waals surface area (Å²) in [5.41, 5.74) is 1.13. The van der Waals surface area contributed by atoms with Crippen molar-refractivity contribution in [2.24, 2.45) is 17.3 Å². The number of ether oxygens (including phenoxy) is 2. The summed E-state index contributed by atoms with van der Waals surface area (Å²) in [6.45, 7) is 13.7. The molecule has 1 fully saturated rings. The van der Waals surface area contributed by atoms with E-state index in [-0.39, 0.29) is 17.3 Å². The number of nitriles is 1. The highest BCUT2D eigenvalue weighted by Crippen LogP contribution is 2.59. The summed E-state index contributed by atoms with van der Waals surface area (Å²) in [5.74, 6) is -0.342. The Morgan fingerprint density at radius 3 is 2.16 bits per heavy atom. The monoisotopic (exact) mass is 267 g/mol. The van der Waals surface area contributed by atoms with Crippen LogP contribution in [-0.4, -0.2) is 19.2 Å². The topological polar surface area (TPSA) is 59.3 Å². The molecule has 19 heavy (non-hydrogen) atoms. The first-order chi connectivity index (χ1) is 8.82. The van der Waals surface area contributed by atoms with Crippen molar-refractivity contribution < 1.29 is 14.3 Å². The van der Waals surface area contributed by atoms with Crippen LogP contribution in [0.2, 0.25) is 0 Å². The molecule has 0 saturated heterocycles. The summed E-state index contributed by atoms with van der Waals surface area (Å²) in [7, 11) is 0. The molecule has 0 aliphatic heterocycles. The third kappa shape index (κ3) is 5.44. The van der Waals surface area contributed by atoms with E-state index in [1.54, 1.807) is 0 Å². The molecule has 0 heterocycles. The molecule has 2 atom stereocenters. The molecule has 0 bridgehead atoms. The van der Waals surface area contributed by atoms with E-state index in [0.29, 0.717) is 0 Å². The van der Waals surface area contributed by atoms with Gasteiger partial charge in [-0.25, -0.2) is 0 Å². The SMILES string of the molecule is CC(C)=CC1C(C(=O)OC#N)C1(C)C.CCOCC. The van der Waals surface area contributed by atoms with E-state index in [4.69, 9.17) is 10.00 Å². The largest absolute Gasteiger partial charge is 0.382 e. The fraction of sp³-hybridized carbons (Fsp3) is 0.733. The Bertz CT molecular complexity index is 360. The van der Waals surface area contributed by atoms with Gasteiger partial charge < -0.3 is 9.47 Å². The second-order valence-electron chi connectivity index (χ2n) is 5.36. The molecule has 0 aromatic carbocycles. The second kappa shape index (κ2) is 7.96. The third-order valence-electron chi connectivity index (χ3n) is 3.23. The van der Waals surface area contributed by atoms with Crippen LogP contribution in [0.1, 0.15) is 41.5 Å². The zero-order chi connectivity index (χ0) is 15.1. The average molecular weight is 267 g/mol. The van der Waals surface area contributed by atoms with Crippen molar-refractivity contribution in [1.82, 2.24) is 0 Å². The summed E-state index contributed by atoms with van der Waals surface area (Å²) >= 11 is 0. The average Bonchev–Trinajstić information content (AvgIpc) is 2.81. The van der Waals surface area contributed by atoms with Gasteiger partial charge in [0, 0.05) is 13.2 Å². The molecule has 1 saturated carbocycles. The Morgan fingerprint density at radius 2 is 1.84 bits per heavy atom. The van der Waals surface area contributed by atoms with Gasteiger partial charge in [0.25, 0.3) is 6.26 Å². The molecule has 0 aromatic heterocycles. The van der Waals surface area contributed by atoms with Crippen LogP contribution in [0.3, 0.4) is 0 Å². The van der Waals surface area contributed by atoms with Crippen LogP contribution >= 0.6 is 0 Å². The van der Waals surface area contributed by atoms with E-state index in [9.17, 15) is 4.79 Å². The lowest BCUT2D eigenvalue weighted by Crippen LogP contribution is -2.07. The maximum Gasteiger partial charge on any atom is 0.325 e. The number of rotatable bonds is 4. The van der Waals surface area contributed by atoms with Gasteiger partial charge in [0.15, 0.2) is 0 Å². The first kappa shape index (κ1) is 17.7. The molecule has 0 amide bonds. The third-order valence-corrected chi connectivity index (χ3v) is 3.23. The van der Waals surface area contributed by atoms with Gasteiger partial charge in [-0.15, -0.1) is 5.26 Å². The molecule has 1 aliphatic carbocycles. The van der Waals surface area contributed by atoms with Crippen molar-refractivity contribution in [2.75, 3.05) is 13.2 Å². The number of hydrogen-bond acceptors (Lipinski definition) is 4. The van der Waals surface area contributed by atoms with Gasteiger partial charge >= 0.3 is 5.97 Å². The predicted octanol–water partition coefficient (Wildman–Crippen LogP) is 3.29. The maximum atomic E-state index is 11.3. The highest BCUT2D eigenvalue weighted by atomic mass is 16.5. The summed E-state index contributed by atoms with van der Waals surface area (Å²) in [4.78, 5) is 11.3. The van der Waals surface area contributed by atoms with Gasteiger partial charge in [0.1, 0.15) is 0 Å². The van der Waals surface area contributed by atoms with E-state index >= 15 is 0 Å². The van der Waals surface area contributed by atoms with Gasteiger partial charge in [-0.3, -0.25) is 4.79 Å². The Balaban J connectivity index is 0.000000555. The van der Waals surface area contributed by atoms with Crippen molar-refractivity contribution in [1.29, 1.82) is 5.26 Å². The van der Waals surface area contributed by atoms with Gasteiger partial charge in [-0.1, -0.05) is 25.5 Å². The van der Waals surface area contributed by atoms with E-state index in [0.717, 1.165) is 13.2 Å². The minimum Gasteiger partial charge on any atom is -0.382 e. The van der Waals surface area contributed by atoms with Crippen molar-refractivity contribution in [3.63, 3.8) is 0 Å². The van der Waals surface area contributed by atoms with Crippen molar-refractivity contribution in [2.45, 2.75) is 41.5 Å². The maximum absolute atomic E-state index is 11.3. The van der Waals surface area contributed by atoms with Crippen molar-refractivity contribution in [3.8, 4) is 6.26 Å². The standard InChI is InChI=1S/C11H15NO2.C4H10O/c1-7(2)5-8-9(11(8,3)4)10(13)14-6-12;1-3-5-4-2/h5,8-9H,1-4H3;3-4H2,1-2H3. The Morgan fingerprint density at radius 1 is 1.32 bits per heavy atom. The normalized spacial score (nSPS) is 22.4. The summed E-state index contributed by atoms with van der Waals surface area (Å²) in [5, 5.41) is 8.24. The fourth-order valence-corrected chi connectivity index (χ4v) is 2.11. The fourth-order valence-electron chi connectivity index (χ4n) is 2.11. The zero-order valence-electron chi connectivity index (χ0n) is 12.8. The molecule has 0 spiro atoms.